The zero-order chi connectivity index (χ0) is 16.7. The van der Waals surface area contributed by atoms with Crippen LogP contribution in [-0.4, -0.2) is 27.4 Å². The molecule has 1 aliphatic carbocycles. The first-order valence-electron chi connectivity index (χ1n) is 7.61. The molecule has 2 heterocycles. The van der Waals surface area contributed by atoms with Crippen molar-refractivity contribution in [2.24, 2.45) is 0 Å². The lowest BCUT2D eigenvalue weighted by Gasteiger charge is -2.06. The fourth-order valence-corrected chi connectivity index (χ4v) is 2.70. The van der Waals surface area contributed by atoms with Gasteiger partial charge in [0.15, 0.2) is 5.76 Å². The highest BCUT2D eigenvalue weighted by Gasteiger charge is 2.33. The Morgan fingerprint density at radius 3 is 2.79 bits per heavy atom. The minimum Gasteiger partial charge on any atom is -0.459 e. The molecule has 1 aromatic carbocycles. The van der Waals surface area contributed by atoms with Gasteiger partial charge >= 0.3 is 5.97 Å². The summed E-state index contributed by atoms with van der Waals surface area (Å²) in [5, 5.41) is 11.4. The summed E-state index contributed by atoms with van der Waals surface area (Å²) in [5.41, 5.74) is 2.72. The van der Waals surface area contributed by atoms with Crippen molar-refractivity contribution in [2.75, 3.05) is 0 Å². The number of aromatic amines is 1. The van der Waals surface area contributed by atoms with Crippen molar-refractivity contribution in [1.29, 1.82) is 0 Å². The van der Waals surface area contributed by atoms with Crippen LogP contribution in [0, 0.1) is 6.92 Å². The fraction of sp³-hybridized carbons (Fsp3) is 0.235. The number of rotatable bonds is 4. The van der Waals surface area contributed by atoms with E-state index in [1.165, 1.54) is 0 Å². The quantitative estimate of drug-likeness (QED) is 0.724. The number of aryl methyl sites for hydroxylation is 1. The molecule has 1 fully saturated rings. The second-order valence-electron chi connectivity index (χ2n) is 5.73. The predicted octanol–water partition coefficient (Wildman–Crippen LogP) is 4.01. The van der Waals surface area contributed by atoms with Crippen molar-refractivity contribution in [3.8, 4) is 22.6 Å². The van der Waals surface area contributed by atoms with E-state index < -0.39 is 5.97 Å². The molecule has 1 aliphatic rings. The number of nitrogens with one attached hydrogen (secondary N) is 1. The number of carbonyl (C=O) groups is 1. The largest absolute Gasteiger partial charge is 0.459 e. The van der Waals surface area contributed by atoms with E-state index in [0.717, 1.165) is 18.5 Å². The molecule has 1 saturated carbocycles. The number of benzene rings is 1. The number of ether oxygens (including phenoxy) is 1. The first kappa shape index (κ1) is 15.0. The van der Waals surface area contributed by atoms with Crippen molar-refractivity contribution in [3.05, 3.63) is 46.7 Å². The van der Waals surface area contributed by atoms with Crippen LogP contribution in [0.2, 0.25) is 5.02 Å². The van der Waals surface area contributed by atoms with Gasteiger partial charge in [-0.05, 0) is 25.8 Å². The van der Waals surface area contributed by atoms with Crippen molar-refractivity contribution in [2.45, 2.75) is 25.9 Å². The lowest BCUT2D eigenvalue weighted by molar-refractivity contribution is 0.0473. The zero-order valence-corrected chi connectivity index (χ0v) is 13.6. The minimum atomic E-state index is -0.454. The average molecular weight is 344 g/mol. The molecule has 0 amide bonds. The van der Waals surface area contributed by atoms with Gasteiger partial charge < -0.3 is 9.26 Å². The SMILES string of the molecule is Cc1[nH]ncc1-c1onc(-c2ccccc2Cl)c1C(=O)OC1CC1. The van der Waals surface area contributed by atoms with Gasteiger partial charge in [0.1, 0.15) is 17.4 Å². The highest BCUT2D eigenvalue weighted by molar-refractivity contribution is 6.33. The van der Waals surface area contributed by atoms with Crippen LogP contribution in [0.5, 0.6) is 0 Å². The Bertz CT molecular complexity index is 911. The maximum absolute atomic E-state index is 12.7. The van der Waals surface area contributed by atoms with E-state index >= 15 is 0 Å². The molecule has 2 aromatic heterocycles. The fourth-order valence-electron chi connectivity index (χ4n) is 2.48. The zero-order valence-electron chi connectivity index (χ0n) is 12.9. The van der Waals surface area contributed by atoms with Crippen LogP contribution in [0.15, 0.2) is 35.0 Å². The summed E-state index contributed by atoms with van der Waals surface area (Å²) in [5.74, 6) is -0.119. The lowest BCUT2D eigenvalue weighted by Crippen LogP contribution is -2.08. The third kappa shape index (κ3) is 2.59. The second kappa shape index (κ2) is 5.79. The van der Waals surface area contributed by atoms with Crippen LogP contribution in [0.25, 0.3) is 22.6 Å². The van der Waals surface area contributed by atoms with Crippen molar-refractivity contribution in [3.63, 3.8) is 0 Å². The highest BCUT2D eigenvalue weighted by atomic mass is 35.5. The van der Waals surface area contributed by atoms with E-state index in [9.17, 15) is 4.79 Å². The summed E-state index contributed by atoms with van der Waals surface area (Å²) in [4.78, 5) is 12.7. The van der Waals surface area contributed by atoms with Crippen LogP contribution < -0.4 is 0 Å². The Morgan fingerprint density at radius 1 is 1.33 bits per heavy atom. The van der Waals surface area contributed by atoms with E-state index in [4.69, 9.17) is 20.9 Å². The van der Waals surface area contributed by atoms with E-state index in [-0.39, 0.29) is 11.7 Å². The number of carbonyl (C=O) groups excluding carboxylic acids is 1. The molecular formula is C17H14ClN3O3. The molecule has 0 atom stereocenters. The number of aromatic nitrogens is 3. The summed E-state index contributed by atoms with van der Waals surface area (Å²) in [6.07, 6.45) is 3.35. The van der Waals surface area contributed by atoms with E-state index in [1.54, 1.807) is 18.3 Å². The molecule has 0 unspecified atom stereocenters. The van der Waals surface area contributed by atoms with Gasteiger partial charge in [0, 0.05) is 11.3 Å². The van der Waals surface area contributed by atoms with Gasteiger partial charge in [-0.1, -0.05) is 35.0 Å². The number of nitrogens with zero attached hydrogens (tertiary/aromatic N) is 2. The molecule has 6 nitrogen and oxygen atoms in total. The van der Waals surface area contributed by atoms with Crippen LogP contribution in [0.3, 0.4) is 0 Å². The lowest BCUT2D eigenvalue weighted by atomic mass is 10.0. The second-order valence-corrected chi connectivity index (χ2v) is 6.14. The number of halogens is 1. The van der Waals surface area contributed by atoms with E-state index in [2.05, 4.69) is 15.4 Å². The minimum absolute atomic E-state index is 0.0233. The molecule has 122 valence electrons. The van der Waals surface area contributed by atoms with Crippen LogP contribution in [-0.2, 0) is 4.74 Å². The Labute approximate surface area is 142 Å². The first-order chi connectivity index (χ1) is 11.6. The maximum Gasteiger partial charge on any atom is 0.344 e. The molecule has 0 bridgehead atoms. The molecule has 1 N–H and O–H groups in total. The molecule has 7 heteroatoms. The van der Waals surface area contributed by atoms with Gasteiger partial charge in [0.2, 0.25) is 0 Å². The van der Waals surface area contributed by atoms with Crippen LogP contribution in [0.4, 0.5) is 0 Å². The van der Waals surface area contributed by atoms with Crippen LogP contribution >= 0.6 is 11.6 Å². The molecule has 3 aromatic rings. The van der Waals surface area contributed by atoms with Crippen molar-refractivity contribution in [1.82, 2.24) is 15.4 Å². The molecule has 4 rings (SSSR count). The molecular weight excluding hydrogens is 330 g/mol. The first-order valence-corrected chi connectivity index (χ1v) is 7.99. The third-order valence-electron chi connectivity index (χ3n) is 3.90. The van der Waals surface area contributed by atoms with Crippen molar-refractivity contribution < 1.29 is 14.1 Å². The summed E-state index contributed by atoms with van der Waals surface area (Å²) in [7, 11) is 0. The highest BCUT2D eigenvalue weighted by Crippen LogP contribution is 2.37. The molecule has 0 aliphatic heterocycles. The number of H-pyrrole nitrogens is 1. The summed E-state index contributed by atoms with van der Waals surface area (Å²) in [6, 6.07) is 7.17. The normalized spacial score (nSPS) is 13.9. The molecule has 0 radical (unpaired) electrons. The Morgan fingerprint density at radius 2 is 2.12 bits per heavy atom. The van der Waals surface area contributed by atoms with Crippen LogP contribution in [0.1, 0.15) is 28.9 Å². The van der Waals surface area contributed by atoms with E-state index in [1.807, 2.05) is 19.1 Å². The molecule has 0 saturated heterocycles. The molecule has 24 heavy (non-hydrogen) atoms. The van der Waals surface area contributed by atoms with Crippen molar-refractivity contribution >= 4 is 17.6 Å². The average Bonchev–Trinajstić information content (AvgIpc) is 3.11. The summed E-state index contributed by atoms with van der Waals surface area (Å²) in [6.45, 7) is 1.84. The number of esters is 1. The van der Waals surface area contributed by atoms with E-state index in [0.29, 0.717) is 27.6 Å². The van der Waals surface area contributed by atoms with Gasteiger partial charge in [-0.3, -0.25) is 5.10 Å². The topological polar surface area (TPSA) is 81.0 Å². The standard InChI is InChI=1S/C17H14ClN3O3/c1-9-12(8-19-20-9)16-14(17(22)23-10-6-7-10)15(21-24-16)11-4-2-3-5-13(11)18/h2-5,8,10H,6-7H2,1H3,(H,19,20). The smallest absolute Gasteiger partial charge is 0.344 e. The Kier molecular flexibility index (Phi) is 3.61. The van der Waals surface area contributed by atoms with Gasteiger partial charge in [0.25, 0.3) is 0 Å². The Hall–Kier alpha value is -2.60. The summed E-state index contributed by atoms with van der Waals surface area (Å²) < 4.78 is 11.0. The third-order valence-corrected chi connectivity index (χ3v) is 4.23. The predicted molar refractivity (Wildman–Crippen MR) is 87.7 cm³/mol. The maximum atomic E-state index is 12.7. The number of hydrogen-bond acceptors (Lipinski definition) is 5. The Balaban J connectivity index is 1.88. The van der Waals surface area contributed by atoms with Gasteiger partial charge in [-0.2, -0.15) is 5.10 Å². The molecule has 0 spiro atoms. The summed E-state index contributed by atoms with van der Waals surface area (Å²) >= 11 is 6.27. The monoisotopic (exact) mass is 343 g/mol. The van der Waals surface area contributed by atoms with Gasteiger partial charge in [-0.25, -0.2) is 4.79 Å². The van der Waals surface area contributed by atoms with Gasteiger partial charge in [-0.15, -0.1) is 0 Å². The van der Waals surface area contributed by atoms with Gasteiger partial charge in [0.05, 0.1) is 16.8 Å². The number of hydrogen-bond donors (Lipinski definition) is 1.